The smallest absolute Gasteiger partial charge is 0.306 e. The highest BCUT2D eigenvalue weighted by Crippen LogP contribution is 2.36. The monoisotopic (exact) mass is 310 g/mol. The molecule has 0 saturated heterocycles. The van der Waals surface area contributed by atoms with E-state index in [0.29, 0.717) is 17.7 Å². The summed E-state index contributed by atoms with van der Waals surface area (Å²) < 4.78 is 11.4. The molecule has 0 spiro atoms. The van der Waals surface area contributed by atoms with Gasteiger partial charge in [0.2, 0.25) is 11.9 Å². The molecule has 2 atom stereocenters. The molecule has 0 bridgehead atoms. The van der Waals surface area contributed by atoms with Crippen molar-refractivity contribution in [1.82, 2.24) is 0 Å². The fourth-order valence-corrected chi connectivity index (χ4v) is 2.67. The largest absolute Gasteiger partial charge is 0.481 e. The molecule has 1 aliphatic rings. The zero-order valence-corrected chi connectivity index (χ0v) is 12.9. The Kier molecular flexibility index (Phi) is 4.42. The first kappa shape index (κ1) is 15.3. The molecule has 0 amide bonds. The van der Waals surface area contributed by atoms with Crippen molar-refractivity contribution in [1.29, 1.82) is 0 Å². The predicted octanol–water partition coefficient (Wildman–Crippen LogP) is 3.71. The number of fused-ring (bicyclic) bond motifs is 1. The van der Waals surface area contributed by atoms with Crippen molar-refractivity contribution >= 4 is 11.8 Å². The van der Waals surface area contributed by atoms with Crippen LogP contribution >= 0.6 is 0 Å². The number of ether oxygens (including phenoxy) is 2. The Labute approximate surface area is 135 Å². The van der Waals surface area contributed by atoms with Crippen molar-refractivity contribution in [3.63, 3.8) is 0 Å². The zero-order valence-electron chi connectivity index (χ0n) is 12.9. The Bertz CT molecular complexity index is 708. The van der Waals surface area contributed by atoms with Gasteiger partial charge in [0.1, 0.15) is 5.75 Å². The van der Waals surface area contributed by atoms with E-state index in [-0.39, 0.29) is 18.2 Å². The molecule has 1 heterocycles. The number of rotatable bonds is 4. The zero-order chi connectivity index (χ0) is 16.2. The lowest BCUT2D eigenvalue weighted by atomic mass is 9.93. The molecule has 0 N–H and O–H groups in total. The summed E-state index contributed by atoms with van der Waals surface area (Å²) in [6.07, 6.45) is -0.620. The molecule has 2 aromatic carbocycles. The molecular weight excluding hydrogens is 292 g/mol. The van der Waals surface area contributed by atoms with Gasteiger partial charge in [0, 0.05) is 6.42 Å². The quantitative estimate of drug-likeness (QED) is 0.808. The van der Waals surface area contributed by atoms with Crippen LogP contribution in [0.1, 0.15) is 41.8 Å². The van der Waals surface area contributed by atoms with E-state index in [0.717, 1.165) is 5.56 Å². The fourth-order valence-electron chi connectivity index (χ4n) is 2.67. The van der Waals surface area contributed by atoms with Crippen LogP contribution in [0.4, 0.5) is 0 Å². The van der Waals surface area contributed by atoms with Crippen LogP contribution in [0.5, 0.6) is 5.75 Å². The summed E-state index contributed by atoms with van der Waals surface area (Å²) in [5, 5.41) is 0. The summed E-state index contributed by atoms with van der Waals surface area (Å²) in [6, 6.07) is 16.4. The highest BCUT2D eigenvalue weighted by molar-refractivity contribution is 6.04. The Morgan fingerprint density at radius 2 is 1.78 bits per heavy atom. The van der Waals surface area contributed by atoms with Crippen molar-refractivity contribution in [2.24, 2.45) is 0 Å². The number of hydrogen-bond donors (Lipinski definition) is 0. The number of benzene rings is 2. The van der Waals surface area contributed by atoms with Crippen LogP contribution in [-0.2, 0) is 9.53 Å². The van der Waals surface area contributed by atoms with Crippen LogP contribution in [0.25, 0.3) is 0 Å². The van der Waals surface area contributed by atoms with Gasteiger partial charge in [0.25, 0.3) is 0 Å². The lowest BCUT2D eigenvalue weighted by Crippen LogP contribution is -2.39. The Balaban J connectivity index is 1.97. The maximum atomic E-state index is 12.8. The van der Waals surface area contributed by atoms with Crippen LogP contribution in [0.3, 0.4) is 0 Å². The number of carbonyl (C=O) groups is 2. The summed E-state index contributed by atoms with van der Waals surface area (Å²) in [5.74, 6) is -0.0749. The van der Waals surface area contributed by atoms with E-state index in [1.807, 2.05) is 43.3 Å². The van der Waals surface area contributed by atoms with Gasteiger partial charge < -0.3 is 9.47 Å². The summed E-state index contributed by atoms with van der Waals surface area (Å²) in [7, 11) is 0. The molecule has 0 fully saturated rings. The second-order valence-corrected chi connectivity index (χ2v) is 5.47. The molecule has 3 rings (SSSR count). The normalized spacial score (nSPS) is 19.6. The Morgan fingerprint density at radius 3 is 2.52 bits per heavy atom. The highest BCUT2D eigenvalue weighted by atomic mass is 16.6. The van der Waals surface area contributed by atoms with Crippen LogP contribution in [0, 0.1) is 0 Å². The maximum Gasteiger partial charge on any atom is 0.306 e. The molecule has 2 aromatic rings. The highest BCUT2D eigenvalue weighted by Gasteiger charge is 2.40. The van der Waals surface area contributed by atoms with E-state index in [9.17, 15) is 9.59 Å². The first-order valence-electron chi connectivity index (χ1n) is 7.75. The number of esters is 1. The van der Waals surface area contributed by atoms with E-state index < -0.39 is 12.2 Å². The van der Waals surface area contributed by atoms with E-state index in [1.165, 1.54) is 0 Å². The summed E-state index contributed by atoms with van der Waals surface area (Å²) >= 11 is 0. The third-order valence-corrected chi connectivity index (χ3v) is 3.78. The van der Waals surface area contributed by atoms with Gasteiger partial charge in [-0.25, -0.2) is 0 Å². The van der Waals surface area contributed by atoms with Crippen molar-refractivity contribution < 1.29 is 19.1 Å². The molecule has 0 aliphatic carbocycles. The van der Waals surface area contributed by atoms with Gasteiger partial charge >= 0.3 is 5.97 Å². The van der Waals surface area contributed by atoms with Gasteiger partial charge in [0.15, 0.2) is 6.10 Å². The Hall–Kier alpha value is -2.62. The molecule has 4 heteroatoms. The van der Waals surface area contributed by atoms with Crippen LogP contribution in [0.15, 0.2) is 54.6 Å². The lowest BCUT2D eigenvalue weighted by molar-refractivity contribution is -0.151. The van der Waals surface area contributed by atoms with Gasteiger partial charge in [-0.1, -0.05) is 49.4 Å². The molecule has 0 saturated carbocycles. The third-order valence-electron chi connectivity index (χ3n) is 3.78. The number of para-hydroxylation sites is 1. The van der Waals surface area contributed by atoms with Crippen molar-refractivity contribution in [2.75, 3.05) is 0 Å². The van der Waals surface area contributed by atoms with E-state index in [1.54, 1.807) is 18.2 Å². The maximum absolute atomic E-state index is 12.8. The molecule has 4 nitrogen and oxygen atoms in total. The minimum Gasteiger partial charge on any atom is -0.481 e. The number of carbonyl (C=O) groups excluding carboxylic acids is 2. The van der Waals surface area contributed by atoms with Crippen LogP contribution in [0.2, 0.25) is 0 Å². The summed E-state index contributed by atoms with van der Waals surface area (Å²) in [4.78, 5) is 24.7. The third kappa shape index (κ3) is 3.11. The van der Waals surface area contributed by atoms with Gasteiger partial charge in [-0.3, -0.25) is 9.59 Å². The summed E-state index contributed by atoms with van der Waals surface area (Å²) in [5.41, 5.74) is 1.26. The van der Waals surface area contributed by atoms with E-state index >= 15 is 0 Å². The molecule has 0 radical (unpaired) electrons. The first-order valence-corrected chi connectivity index (χ1v) is 7.75. The fraction of sp³-hybridized carbons (Fsp3) is 0.263. The van der Waals surface area contributed by atoms with Gasteiger partial charge in [-0.15, -0.1) is 0 Å². The number of hydrogen-bond acceptors (Lipinski definition) is 4. The minimum absolute atomic E-state index is 0.217. The molecule has 23 heavy (non-hydrogen) atoms. The average molecular weight is 310 g/mol. The molecule has 0 aromatic heterocycles. The molecule has 118 valence electrons. The van der Waals surface area contributed by atoms with Crippen molar-refractivity contribution in [3.05, 3.63) is 65.7 Å². The SMILES string of the molecule is CCCC(=O)OC1C(=O)c2ccccc2OC1c1ccccc1. The average Bonchev–Trinajstić information content (AvgIpc) is 2.58. The van der Waals surface area contributed by atoms with Crippen LogP contribution < -0.4 is 4.74 Å². The van der Waals surface area contributed by atoms with Gasteiger partial charge in [-0.05, 0) is 24.1 Å². The van der Waals surface area contributed by atoms with E-state index in [4.69, 9.17) is 9.47 Å². The lowest BCUT2D eigenvalue weighted by Gasteiger charge is -2.32. The molecular formula is C19H18O4. The van der Waals surface area contributed by atoms with Crippen LogP contribution in [-0.4, -0.2) is 17.9 Å². The Morgan fingerprint density at radius 1 is 1.09 bits per heavy atom. The summed E-state index contributed by atoms with van der Waals surface area (Å²) in [6.45, 7) is 1.89. The first-order chi connectivity index (χ1) is 11.2. The minimum atomic E-state index is -0.952. The molecule has 1 aliphatic heterocycles. The molecule has 2 unspecified atom stereocenters. The second kappa shape index (κ2) is 6.65. The van der Waals surface area contributed by atoms with Gasteiger partial charge in [0.05, 0.1) is 5.56 Å². The second-order valence-electron chi connectivity index (χ2n) is 5.47. The topological polar surface area (TPSA) is 52.6 Å². The predicted molar refractivity (Wildman–Crippen MR) is 85.4 cm³/mol. The number of Topliss-reactive ketones (excluding diaryl/α,β-unsaturated/α-hetero) is 1. The standard InChI is InChI=1S/C19H18O4/c1-2-8-16(20)23-19-17(21)14-11-6-7-12-15(14)22-18(19)13-9-4-3-5-10-13/h3-7,9-12,18-19H,2,8H2,1H3. The van der Waals surface area contributed by atoms with Crippen molar-refractivity contribution in [2.45, 2.75) is 32.0 Å². The van der Waals surface area contributed by atoms with E-state index in [2.05, 4.69) is 0 Å². The van der Waals surface area contributed by atoms with Gasteiger partial charge in [-0.2, -0.15) is 0 Å². The van der Waals surface area contributed by atoms with Crippen molar-refractivity contribution in [3.8, 4) is 5.75 Å². The number of ketones is 1.